The van der Waals surface area contributed by atoms with Crippen molar-refractivity contribution in [3.63, 3.8) is 0 Å². The Balaban J connectivity index is 1.87. The van der Waals surface area contributed by atoms with Crippen molar-refractivity contribution in [1.29, 1.82) is 0 Å². The molecule has 0 aliphatic carbocycles. The van der Waals surface area contributed by atoms with E-state index in [9.17, 15) is 9.59 Å². The summed E-state index contributed by atoms with van der Waals surface area (Å²) in [5.74, 6) is 0.430. The molecule has 6 heteroatoms. The number of fused-ring (bicyclic) bond motifs is 1. The van der Waals surface area contributed by atoms with Crippen molar-refractivity contribution >= 4 is 39.1 Å². The minimum atomic E-state index is -0.601. The number of anilines is 2. The van der Waals surface area contributed by atoms with Crippen LogP contribution in [0.2, 0.25) is 0 Å². The van der Waals surface area contributed by atoms with E-state index in [0.29, 0.717) is 30.2 Å². The molecule has 1 aliphatic heterocycles. The minimum absolute atomic E-state index is 0.0328. The zero-order valence-electron chi connectivity index (χ0n) is 15.0. The number of amides is 2. The van der Waals surface area contributed by atoms with Gasteiger partial charge in [0.15, 0.2) is 0 Å². The number of halogens is 1. The first kappa shape index (κ1) is 18.5. The number of hydrogen-bond acceptors (Lipinski definition) is 3. The van der Waals surface area contributed by atoms with Gasteiger partial charge in [0.05, 0.1) is 11.1 Å². The van der Waals surface area contributed by atoms with Crippen LogP contribution >= 0.6 is 15.9 Å². The number of carbonyl (C=O) groups excluding carboxylic acids is 2. The molecule has 1 N–H and O–H groups in total. The maximum absolute atomic E-state index is 12.7. The van der Waals surface area contributed by atoms with Crippen LogP contribution in [-0.2, 0) is 4.79 Å². The lowest BCUT2D eigenvalue weighted by Crippen LogP contribution is -2.42. The van der Waals surface area contributed by atoms with Crippen LogP contribution in [0.15, 0.2) is 46.9 Å². The Bertz CT molecular complexity index is 847. The van der Waals surface area contributed by atoms with Crippen LogP contribution in [0.5, 0.6) is 5.75 Å². The molecule has 26 heavy (non-hydrogen) atoms. The van der Waals surface area contributed by atoms with Gasteiger partial charge in [-0.25, -0.2) is 0 Å². The quantitative estimate of drug-likeness (QED) is 0.802. The Hall–Kier alpha value is -2.34. The van der Waals surface area contributed by atoms with E-state index in [-0.39, 0.29) is 11.8 Å². The van der Waals surface area contributed by atoms with Crippen LogP contribution in [0, 0.1) is 5.41 Å². The van der Waals surface area contributed by atoms with Gasteiger partial charge in [-0.2, -0.15) is 0 Å². The summed E-state index contributed by atoms with van der Waals surface area (Å²) in [6.07, 6.45) is 0. The second-order valence-electron chi connectivity index (χ2n) is 6.87. The number of rotatable bonds is 3. The summed E-state index contributed by atoms with van der Waals surface area (Å²) >= 11 is 3.36. The number of nitrogens with one attached hydrogen (secondary N) is 1. The SMILES string of the molecule is CCN1C(=O)C(C)(C)COc2cc(NC(=O)c3ccc(Br)cc3)ccc21. The fourth-order valence-electron chi connectivity index (χ4n) is 2.84. The van der Waals surface area contributed by atoms with Gasteiger partial charge in [0, 0.05) is 28.3 Å². The van der Waals surface area contributed by atoms with Gasteiger partial charge in [-0.3, -0.25) is 9.59 Å². The van der Waals surface area contributed by atoms with Gasteiger partial charge in [0.2, 0.25) is 5.91 Å². The molecule has 0 aromatic heterocycles. The van der Waals surface area contributed by atoms with E-state index >= 15 is 0 Å². The molecule has 3 rings (SSSR count). The molecule has 2 aromatic carbocycles. The molecule has 1 heterocycles. The number of ether oxygens (including phenoxy) is 1. The fraction of sp³-hybridized carbons (Fsp3) is 0.300. The van der Waals surface area contributed by atoms with Gasteiger partial charge >= 0.3 is 0 Å². The zero-order valence-corrected chi connectivity index (χ0v) is 16.6. The average molecular weight is 417 g/mol. The second kappa shape index (κ2) is 7.11. The number of hydrogen-bond donors (Lipinski definition) is 1. The van der Waals surface area contributed by atoms with Crippen LogP contribution in [0.4, 0.5) is 11.4 Å². The van der Waals surface area contributed by atoms with Gasteiger partial charge in [0.1, 0.15) is 12.4 Å². The predicted octanol–water partition coefficient (Wildman–Crippen LogP) is 4.47. The predicted molar refractivity (Wildman–Crippen MR) is 106 cm³/mol. The fourth-order valence-corrected chi connectivity index (χ4v) is 3.11. The van der Waals surface area contributed by atoms with Gasteiger partial charge in [-0.1, -0.05) is 15.9 Å². The molecule has 0 bridgehead atoms. The number of benzene rings is 2. The second-order valence-corrected chi connectivity index (χ2v) is 7.78. The summed E-state index contributed by atoms with van der Waals surface area (Å²) in [7, 11) is 0. The average Bonchev–Trinajstić information content (AvgIpc) is 2.70. The lowest BCUT2D eigenvalue weighted by molar-refractivity contribution is -0.127. The molecule has 0 saturated heterocycles. The molecule has 0 unspecified atom stereocenters. The summed E-state index contributed by atoms with van der Waals surface area (Å²) in [5.41, 5.74) is 1.32. The Morgan fingerprint density at radius 2 is 1.92 bits per heavy atom. The Morgan fingerprint density at radius 3 is 2.58 bits per heavy atom. The highest BCUT2D eigenvalue weighted by atomic mass is 79.9. The third-order valence-electron chi connectivity index (χ3n) is 4.34. The van der Waals surface area contributed by atoms with Gasteiger partial charge in [-0.15, -0.1) is 0 Å². The highest BCUT2D eigenvalue weighted by Gasteiger charge is 2.37. The summed E-state index contributed by atoms with van der Waals surface area (Å²) < 4.78 is 6.81. The molecule has 0 radical (unpaired) electrons. The van der Waals surface area contributed by atoms with Crippen molar-refractivity contribution in [1.82, 2.24) is 0 Å². The lowest BCUT2D eigenvalue weighted by Gasteiger charge is -2.26. The van der Waals surface area contributed by atoms with E-state index in [2.05, 4.69) is 21.2 Å². The number of carbonyl (C=O) groups is 2. The smallest absolute Gasteiger partial charge is 0.255 e. The maximum atomic E-state index is 12.7. The normalized spacial score (nSPS) is 15.7. The van der Waals surface area contributed by atoms with Gasteiger partial charge < -0.3 is 15.0 Å². The largest absolute Gasteiger partial charge is 0.490 e. The van der Waals surface area contributed by atoms with Crippen LogP contribution in [0.25, 0.3) is 0 Å². The minimum Gasteiger partial charge on any atom is -0.490 e. The molecule has 0 spiro atoms. The molecule has 136 valence electrons. The van der Waals surface area contributed by atoms with Crippen molar-refractivity contribution in [2.24, 2.45) is 5.41 Å². The van der Waals surface area contributed by atoms with E-state index in [1.165, 1.54) is 0 Å². The van der Waals surface area contributed by atoms with E-state index in [0.717, 1.165) is 10.2 Å². The molecule has 0 saturated carbocycles. The van der Waals surface area contributed by atoms with Crippen molar-refractivity contribution in [2.45, 2.75) is 20.8 Å². The van der Waals surface area contributed by atoms with Crippen molar-refractivity contribution in [3.05, 3.63) is 52.5 Å². The summed E-state index contributed by atoms with van der Waals surface area (Å²) in [6.45, 7) is 6.54. The molecule has 5 nitrogen and oxygen atoms in total. The highest BCUT2D eigenvalue weighted by molar-refractivity contribution is 9.10. The van der Waals surface area contributed by atoms with E-state index < -0.39 is 5.41 Å². The van der Waals surface area contributed by atoms with Crippen LogP contribution in [0.3, 0.4) is 0 Å². The molecular formula is C20H21BrN2O3. The topological polar surface area (TPSA) is 58.6 Å². The van der Waals surface area contributed by atoms with Crippen molar-refractivity contribution < 1.29 is 14.3 Å². The summed E-state index contributed by atoms with van der Waals surface area (Å²) in [6, 6.07) is 12.5. The summed E-state index contributed by atoms with van der Waals surface area (Å²) in [4.78, 5) is 26.8. The van der Waals surface area contributed by atoms with Crippen molar-refractivity contribution in [2.75, 3.05) is 23.4 Å². The first-order chi connectivity index (χ1) is 12.3. The van der Waals surface area contributed by atoms with E-state index in [1.54, 1.807) is 29.2 Å². The number of nitrogens with zero attached hydrogens (tertiary/aromatic N) is 1. The molecule has 2 aromatic rings. The Kier molecular flexibility index (Phi) is 5.05. The first-order valence-corrected chi connectivity index (χ1v) is 9.27. The van der Waals surface area contributed by atoms with Crippen LogP contribution in [-0.4, -0.2) is 25.0 Å². The molecule has 2 amide bonds. The Labute approximate surface area is 161 Å². The van der Waals surface area contributed by atoms with Crippen LogP contribution < -0.4 is 15.0 Å². The van der Waals surface area contributed by atoms with E-state index in [4.69, 9.17) is 4.74 Å². The lowest BCUT2D eigenvalue weighted by atomic mass is 9.93. The third kappa shape index (κ3) is 3.60. The van der Waals surface area contributed by atoms with Gasteiger partial charge in [0.25, 0.3) is 5.91 Å². The van der Waals surface area contributed by atoms with E-state index in [1.807, 2.05) is 39.0 Å². The standard InChI is InChI=1S/C20H21BrN2O3/c1-4-23-16-10-9-15(11-17(16)26-12-20(2,3)19(23)25)22-18(24)13-5-7-14(21)8-6-13/h5-11H,4,12H2,1-3H3,(H,22,24). The first-order valence-electron chi connectivity index (χ1n) is 8.47. The van der Waals surface area contributed by atoms with Gasteiger partial charge in [-0.05, 0) is 57.2 Å². The monoisotopic (exact) mass is 416 g/mol. The molecule has 0 fully saturated rings. The molecule has 1 aliphatic rings. The summed E-state index contributed by atoms with van der Waals surface area (Å²) in [5, 5.41) is 2.88. The Morgan fingerprint density at radius 1 is 1.23 bits per heavy atom. The third-order valence-corrected chi connectivity index (χ3v) is 4.87. The zero-order chi connectivity index (χ0) is 18.9. The van der Waals surface area contributed by atoms with Crippen LogP contribution in [0.1, 0.15) is 31.1 Å². The highest BCUT2D eigenvalue weighted by Crippen LogP contribution is 2.38. The molecular weight excluding hydrogens is 396 g/mol. The van der Waals surface area contributed by atoms with Crippen molar-refractivity contribution in [3.8, 4) is 5.75 Å². The molecule has 0 atom stereocenters. The maximum Gasteiger partial charge on any atom is 0.255 e.